The molecule has 0 aliphatic carbocycles. The summed E-state index contributed by atoms with van der Waals surface area (Å²) in [5, 5.41) is 16.6. The third-order valence-electron chi connectivity index (χ3n) is 5.47. The Kier molecular flexibility index (Phi) is 5.29. The van der Waals surface area contributed by atoms with Gasteiger partial charge in [-0.3, -0.25) is 9.78 Å². The molecule has 0 fully saturated rings. The smallest absolute Gasteiger partial charge is 0.181 e. The van der Waals surface area contributed by atoms with Crippen molar-refractivity contribution in [2.24, 2.45) is 0 Å². The van der Waals surface area contributed by atoms with E-state index in [-0.39, 0.29) is 0 Å². The summed E-state index contributed by atoms with van der Waals surface area (Å²) in [5.41, 5.74) is 6.81. The largest absolute Gasteiger partial charge is 0.496 e. The number of hydrogen-bond acceptors (Lipinski definition) is 5. The Morgan fingerprint density at radius 1 is 1.06 bits per heavy atom. The predicted molar refractivity (Wildman–Crippen MR) is 126 cm³/mol. The summed E-state index contributed by atoms with van der Waals surface area (Å²) < 4.78 is 7.59. The first-order valence-electron chi connectivity index (χ1n) is 10.5. The Morgan fingerprint density at radius 3 is 2.72 bits per heavy atom. The number of benzene rings is 2. The number of aryl methyl sites for hydroxylation is 1. The van der Waals surface area contributed by atoms with E-state index in [0.29, 0.717) is 13.1 Å². The van der Waals surface area contributed by atoms with Gasteiger partial charge in [-0.25, -0.2) is 4.98 Å². The first kappa shape index (κ1) is 19.8. The monoisotopic (exact) mass is 424 g/mol. The molecule has 0 aliphatic heterocycles. The third kappa shape index (κ3) is 3.92. The van der Waals surface area contributed by atoms with Crippen molar-refractivity contribution in [2.75, 3.05) is 12.4 Å². The summed E-state index contributed by atoms with van der Waals surface area (Å²) in [6.45, 7) is 3.30. The zero-order valence-electron chi connectivity index (χ0n) is 18.0. The maximum Gasteiger partial charge on any atom is 0.181 e. The number of ether oxygens (including phenoxy) is 1. The number of anilines is 1. The molecule has 0 bridgehead atoms. The van der Waals surface area contributed by atoms with Gasteiger partial charge in [0.1, 0.15) is 11.4 Å². The molecule has 0 amide bonds. The van der Waals surface area contributed by atoms with Crippen LogP contribution in [-0.2, 0) is 13.1 Å². The fourth-order valence-electron chi connectivity index (χ4n) is 3.82. The predicted octanol–water partition coefficient (Wildman–Crippen LogP) is 4.80. The van der Waals surface area contributed by atoms with Crippen LogP contribution in [0.5, 0.6) is 5.75 Å². The van der Waals surface area contributed by atoms with Gasteiger partial charge in [-0.2, -0.15) is 10.2 Å². The van der Waals surface area contributed by atoms with E-state index in [1.807, 2.05) is 54.1 Å². The molecule has 2 N–H and O–H groups in total. The maximum absolute atomic E-state index is 5.61. The summed E-state index contributed by atoms with van der Waals surface area (Å²) in [6, 6.07) is 20.4. The molecule has 3 aromatic heterocycles. The van der Waals surface area contributed by atoms with Gasteiger partial charge >= 0.3 is 0 Å². The fraction of sp³-hybridized carbons (Fsp3) is 0.160. The zero-order chi connectivity index (χ0) is 21.9. The Bertz CT molecular complexity index is 1360. The number of aromatic nitrogens is 5. The Balaban J connectivity index is 1.48. The molecule has 5 aromatic rings. The van der Waals surface area contributed by atoms with Gasteiger partial charge in [0, 0.05) is 34.9 Å². The average molecular weight is 425 g/mol. The number of para-hydroxylation sites is 1. The number of pyridine rings is 1. The van der Waals surface area contributed by atoms with Crippen molar-refractivity contribution in [2.45, 2.75) is 20.0 Å². The number of H-pyrrole nitrogens is 1. The molecule has 3 heterocycles. The second-order valence-electron chi connectivity index (χ2n) is 7.68. The van der Waals surface area contributed by atoms with Gasteiger partial charge < -0.3 is 10.1 Å². The quantitative estimate of drug-likeness (QED) is 0.392. The minimum Gasteiger partial charge on any atom is -0.496 e. The zero-order valence-corrected chi connectivity index (χ0v) is 18.0. The second-order valence-corrected chi connectivity index (χ2v) is 7.68. The maximum atomic E-state index is 5.61. The van der Waals surface area contributed by atoms with E-state index in [1.54, 1.807) is 13.3 Å². The molecule has 0 atom stereocenters. The van der Waals surface area contributed by atoms with E-state index < -0.39 is 0 Å². The van der Waals surface area contributed by atoms with Crippen molar-refractivity contribution in [1.82, 2.24) is 25.0 Å². The molecule has 0 saturated carbocycles. The lowest BCUT2D eigenvalue weighted by molar-refractivity contribution is 0.416. The molecule has 2 aromatic carbocycles. The minimum absolute atomic E-state index is 0.603. The van der Waals surface area contributed by atoms with Gasteiger partial charge in [0.15, 0.2) is 5.65 Å². The van der Waals surface area contributed by atoms with Crippen LogP contribution in [-0.4, -0.2) is 32.1 Å². The number of nitrogens with zero attached hydrogens (tertiary/aromatic N) is 4. The first-order valence-corrected chi connectivity index (χ1v) is 10.5. The summed E-state index contributed by atoms with van der Waals surface area (Å²) in [7, 11) is 1.69. The van der Waals surface area contributed by atoms with Crippen molar-refractivity contribution < 1.29 is 4.74 Å². The number of aromatic amines is 1. The van der Waals surface area contributed by atoms with Gasteiger partial charge in [0.25, 0.3) is 0 Å². The van der Waals surface area contributed by atoms with Crippen molar-refractivity contribution in [3.63, 3.8) is 0 Å². The molecule has 7 heteroatoms. The van der Waals surface area contributed by atoms with E-state index in [2.05, 4.69) is 44.9 Å². The Labute approximate surface area is 186 Å². The van der Waals surface area contributed by atoms with Gasteiger partial charge in [-0.1, -0.05) is 42.5 Å². The summed E-state index contributed by atoms with van der Waals surface area (Å²) in [5.74, 6) is 0.802. The van der Waals surface area contributed by atoms with Gasteiger partial charge in [0.2, 0.25) is 0 Å². The molecule has 5 rings (SSSR count). The Morgan fingerprint density at radius 2 is 1.88 bits per heavy atom. The molecule has 160 valence electrons. The van der Waals surface area contributed by atoms with E-state index >= 15 is 0 Å². The van der Waals surface area contributed by atoms with Crippen LogP contribution in [0.2, 0.25) is 0 Å². The van der Waals surface area contributed by atoms with Crippen LogP contribution < -0.4 is 10.1 Å². The lowest BCUT2D eigenvalue weighted by Crippen LogP contribution is -2.01. The highest BCUT2D eigenvalue weighted by Gasteiger charge is 2.16. The van der Waals surface area contributed by atoms with Crippen molar-refractivity contribution in [3.05, 3.63) is 89.9 Å². The standard InChI is InChI=1S/C25H24N6O/c1-17-22-12-20(14-27-25(22)29-28-17)26-13-19-16-31(15-18-8-4-3-5-9-18)30-24(19)21-10-6-7-11-23(21)32-2/h3-12,14,16,26H,13,15H2,1-2H3,(H,27,28,29). The van der Waals surface area contributed by atoms with E-state index in [0.717, 1.165) is 45.0 Å². The molecule has 0 saturated heterocycles. The molecule has 32 heavy (non-hydrogen) atoms. The SMILES string of the molecule is COc1ccccc1-c1nn(Cc2ccccc2)cc1CNc1cnc2n[nH]c(C)c2c1. The average Bonchev–Trinajstić information content (AvgIpc) is 3.41. The second kappa shape index (κ2) is 8.55. The lowest BCUT2D eigenvalue weighted by atomic mass is 10.1. The van der Waals surface area contributed by atoms with Crippen molar-refractivity contribution in [1.29, 1.82) is 0 Å². The van der Waals surface area contributed by atoms with Crippen LogP contribution in [0, 0.1) is 6.92 Å². The molecule has 7 nitrogen and oxygen atoms in total. The van der Waals surface area contributed by atoms with Gasteiger partial charge in [-0.15, -0.1) is 0 Å². The fourth-order valence-corrected chi connectivity index (χ4v) is 3.82. The number of fused-ring (bicyclic) bond motifs is 1. The van der Waals surface area contributed by atoms with Crippen LogP contribution in [0.15, 0.2) is 73.1 Å². The molecule has 0 aliphatic rings. The molecular formula is C25H24N6O. The van der Waals surface area contributed by atoms with Crippen LogP contribution in [0.4, 0.5) is 5.69 Å². The summed E-state index contributed by atoms with van der Waals surface area (Å²) in [6.07, 6.45) is 3.90. The number of nitrogens with one attached hydrogen (secondary N) is 2. The van der Waals surface area contributed by atoms with Gasteiger partial charge in [0.05, 0.1) is 25.5 Å². The third-order valence-corrected chi connectivity index (χ3v) is 5.47. The minimum atomic E-state index is 0.603. The normalized spacial score (nSPS) is 11.1. The first-order chi connectivity index (χ1) is 15.7. The molecule has 0 spiro atoms. The number of hydrogen-bond donors (Lipinski definition) is 2. The van der Waals surface area contributed by atoms with Crippen molar-refractivity contribution in [3.8, 4) is 17.0 Å². The van der Waals surface area contributed by atoms with Gasteiger partial charge in [-0.05, 0) is 30.7 Å². The lowest BCUT2D eigenvalue weighted by Gasteiger charge is -2.09. The molecule has 0 radical (unpaired) electrons. The van der Waals surface area contributed by atoms with E-state index in [9.17, 15) is 0 Å². The highest BCUT2D eigenvalue weighted by Crippen LogP contribution is 2.31. The number of rotatable bonds is 7. The summed E-state index contributed by atoms with van der Waals surface area (Å²) >= 11 is 0. The van der Waals surface area contributed by atoms with E-state index in [4.69, 9.17) is 9.84 Å². The summed E-state index contributed by atoms with van der Waals surface area (Å²) in [4.78, 5) is 4.44. The highest BCUT2D eigenvalue weighted by atomic mass is 16.5. The molecular weight excluding hydrogens is 400 g/mol. The van der Waals surface area contributed by atoms with Crippen LogP contribution in [0.1, 0.15) is 16.8 Å². The van der Waals surface area contributed by atoms with Crippen LogP contribution in [0.3, 0.4) is 0 Å². The topological polar surface area (TPSA) is 80.7 Å². The Hall–Kier alpha value is -4.13. The van der Waals surface area contributed by atoms with Crippen molar-refractivity contribution >= 4 is 16.7 Å². The van der Waals surface area contributed by atoms with Crippen LogP contribution >= 0.6 is 0 Å². The molecule has 0 unspecified atom stereocenters. The van der Waals surface area contributed by atoms with Crippen LogP contribution in [0.25, 0.3) is 22.3 Å². The number of methoxy groups -OCH3 is 1. The van der Waals surface area contributed by atoms with E-state index in [1.165, 1.54) is 5.56 Å². The highest BCUT2D eigenvalue weighted by molar-refractivity contribution is 5.80.